The Labute approximate surface area is 158 Å². The van der Waals surface area contributed by atoms with Crippen molar-refractivity contribution in [2.24, 2.45) is 0 Å². The molecule has 2 aliphatic rings. The second-order valence-electron chi connectivity index (χ2n) is 6.68. The molecule has 0 aromatic carbocycles. The molecule has 3 heterocycles. The van der Waals surface area contributed by atoms with Crippen molar-refractivity contribution in [3.63, 3.8) is 0 Å². The quantitative estimate of drug-likeness (QED) is 0.713. The van der Waals surface area contributed by atoms with Crippen LogP contribution in [-0.4, -0.2) is 88.9 Å². The van der Waals surface area contributed by atoms with Gasteiger partial charge in [-0.1, -0.05) is 11.4 Å². The maximum absolute atomic E-state index is 12.9. The van der Waals surface area contributed by atoms with Crippen molar-refractivity contribution in [2.75, 3.05) is 39.3 Å². The first-order chi connectivity index (χ1) is 12.3. The smallest absolute Gasteiger partial charge is 0.282 e. The number of aromatic nitrogens is 2. The Morgan fingerprint density at radius 3 is 2.35 bits per heavy atom. The van der Waals surface area contributed by atoms with Gasteiger partial charge in [0, 0.05) is 39.3 Å². The van der Waals surface area contributed by atoms with Crippen molar-refractivity contribution >= 4 is 27.6 Å². The number of amides is 1. The molecule has 0 aliphatic carbocycles. The molecule has 26 heavy (non-hydrogen) atoms. The van der Waals surface area contributed by atoms with Crippen LogP contribution in [0.1, 0.15) is 36.1 Å². The average Bonchev–Trinajstić information content (AvgIpc) is 3.09. The number of hydrogen-bond acceptors (Lipinski definition) is 7. The zero-order chi connectivity index (χ0) is 18.9. The summed E-state index contributed by atoms with van der Waals surface area (Å²) in [6, 6.07) is 0. The standard InChI is InChI=1S/C15H25N5O4S2/c1-4-13-14(25-17-16-13)15(21)18-5-7-19(8-6-18)26(22,23)20-9-11(2)24-12(3)10-20/h11-12H,4-10H2,1-3H3/t11-,12-/m0/s1. The minimum absolute atomic E-state index is 0.109. The second kappa shape index (κ2) is 7.85. The molecule has 2 aliphatic heterocycles. The number of ether oxygens (including phenoxy) is 1. The fraction of sp³-hybridized carbons (Fsp3) is 0.800. The van der Waals surface area contributed by atoms with Crippen molar-refractivity contribution < 1.29 is 17.9 Å². The average molecular weight is 404 g/mol. The Kier molecular flexibility index (Phi) is 5.92. The van der Waals surface area contributed by atoms with E-state index in [0.717, 1.165) is 11.5 Å². The predicted molar refractivity (Wildman–Crippen MR) is 97.3 cm³/mol. The van der Waals surface area contributed by atoms with Crippen LogP contribution in [0.2, 0.25) is 0 Å². The van der Waals surface area contributed by atoms with Crippen LogP contribution in [0, 0.1) is 0 Å². The lowest BCUT2D eigenvalue weighted by Gasteiger charge is -2.40. The third kappa shape index (κ3) is 3.91. The second-order valence-corrected chi connectivity index (χ2v) is 9.36. The van der Waals surface area contributed by atoms with Crippen LogP contribution < -0.4 is 0 Å². The molecule has 0 saturated carbocycles. The van der Waals surface area contributed by atoms with Crippen molar-refractivity contribution in [1.82, 2.24) is 23.1 Å². The highest BCUT2D eigenvalue weighted by atomic mass is 32.2. The van der Waals surface area contributed by atoms with E-state index >= 15 is 0 Å². The molecule has 2 fully saturated rings. The van der Waals surface area contributed by atoms with Crippen LogP contribution in [-0.2, 0) is 21.4 Å². The Balaban J connectivity index is 1.63. The first-order valence-corrected chi connectivity index (χ1v) is 11.0. The molecule has 0 bridgehead atoms. The van der Waals surface area contributed by atoms with Crippen LogP contribution in [0.25, 0.3) is 0 Å². The van der Waals surface area contributed by atoms with Crippen molar-refractivity contribution in [2.45, 2.75) is 39.4 Å². The number of nitrogens with zero attached hydrogens (tertiary/aromatic N) is 5. The number of morpholine rings is 1. The molecule has 1 amide bonds. The molecule has 0 N–H and O–H groups in total. The van der Waals surface area contributed by atoms with Crippen LogP contribution in [0.15, 0.2) is 0 Å². The lowest BCUT2D eigenvalue weighted by Crippen LogP contribution is -2.57. The van der Waals surface area contributed by atoms with Gasteiger partial charge in [-0.15, -0.1) is 5.10 Å². The van der Waals surface area contributed by atoms with Gasteiger partial charge in [0.1, 0.15) is 4.88 Å². The molecule has 0 unspecified atom stereocenters. The van der Waals surface area contributed by atoms with Crippen LogP contribution >= 0.6 is 11.5 Å². The lowest BCUT2D eigenvalue weighted by molar-refractivity contribution is -0.0457. The third-order valence-electron chi connectivity index (χ3n) is 4.65. The minimum Gasteiger partial charge on any atom is -0.373 e. The highest BCUT2D eigenvalue weighted by Crippen LogP contribution is 2.20. The van der Waals surface area contributed by atoms with Crippen molar-refractivity contribution in [3.8, 4) is 0 Å². The highest BCUT2D eigenvalue weighted by Gasteiger charge is 2.37. The topological polar surface area (TPSA) is 95.9 Å². The van der Waals surface area contributed by atoms with Gasteiger partial charge >= 0.3 is 0 Å². The highest BCUT2D eigenvalue weighted by molar-refractivity contribution is 7.86. The van der Waals surface area contributed by atoms with E-state index in [2.05, 4.69) is 9.59 Å². The SMILES string of the molecule is CCc1nnsc1C(=O)N1CCN(S(=O)(=O)N2C[C@H](C)O[C@@H](C)C2)CC1. The van der Waals surface area contributed by atoms with E-state index < -0.39 is 10.2 Å². The van der Waals surface area contributed by atoms with E-state index in [-0.39, 0.29) is 18.1 Å². The number of aryl methyl sites for hydroxylation is 1. The first kappa shape index (κ1) is 19.6. The molecule has 1 aromatic rings. The van der Waals surface area contributed by atoms with Gasteiger partial charge in [-0.3, -0.25) is 4.79 Å². The van der Waals surface area contributed by atoms with Gasteiger partial charge < -0.3 is 9.64 Å². The van der Waals surface area contributed by atoms with Gasteiger partial charge in [-0.05, 0) is 31.8 Å². The monoisotopic (exact) mass is 403 g/mol. The molecule has 1 aromatic heterocycles. The summed E-state index contributed by atoms with van der Waals surface area (Å²) in [5.74, 6) is -0.109. The maximum atomic E-state index is 12.9. The molecule has 146 valence electrons. The Bertz CT molecular complexity index is 735. The maximum Gasteiger partial charge on any atom is 0.282 e. The number of carbonyl (C=O) groups is 1. The molecule has 2 atom stereocenters. The fourth-order valence-electron chi connectivity index (χ4n) is 3.35. The molecule has 2 saturated heterocycles. The Morgan fingerprint density at radius 1 is 1.15 bits per heavy atom. The van der Waals surface area contributed by atoms with Gasteiger partial charge in [0.05, 0.1) is 17.9 Å². The minimum atomic E-state index is -3.54. The number of piperazine rings is 1. The van der Waals surface area contributed by atoms with Crippen molar-refractivity contribution in [3.05, 3.63) is 10.6 Å². The lowest BCUT2D eigenvalue weighted by atomic mass is 10.2. The zero-order valence-corrected chi connectivity index (χ0v) is 16.9. The summed E-state index contributed by atoms with van der Waals surface area (Å²) in [5.41, 5.74) is 0.700. The Morgan fingerprint density at radius 2 is 1.77 bits per heavy atom. The summed E-state index contributed by atoms with van der Waals surface area (Å²) in [5, 5.41) is 3.98. The van der Waals surface area contributed by atoms with Gasteiger partial charge in [-0.2, -0.15) is 17.0 Å². The molecule has 3 rings (SSSR count). The molecular formula is C15H25N5O4S2. The molecule has 11 heteroatoms. The normalized spacial score (nSPS) is 26.2. The van der Waals surface area contributed by atoms with E-state index in [0.29, 0.717) is 56.3 Å². The van der Waals surface area contributed by atoms with Gasteiger partial charge in [0.15, 0.2) is 0 Å². The fourth-order valence-corrected chi connectivity index (χ4v) is 5.82. The van der Waals surface area contributed by atoms with Crippen LogP contribution in [0.5, 0.6) is 0 Å². The molecule has 0 radical (unpaired) electrons. The van der Waals surface area contributed by atoms with E-state index in [1.807, 2.05) is 20.8 Å². The number of carbonyl (C=O) groups excluding carboxylic acids is 1. The Hall–Kier alpha value is -1.14. The first-order valence-electron chi connectivity index (χ1n) is 8.84. The van der Waals surface area contributed by atoms with Gasteiger partial charge in [0.2, 0.25) is 0 Å². The summed E-state index contributed by atoms with van der Waals surface area (Å²) < 4.78 is 38.3. The zero-order valence-electron chi connectivity index (χ0n) is 15.3. The molecule has 0 spiro atoms. The van der Waals surface area contributed by atoms with E-state index in [9.17, 15) is 13.2 Å². The number of rotatable bonds is 4. The summed E-state index contributed by atoms with van der Waals surface area (Å²) >= 11 is 1.10. The van der Waals surface area contributed by atoms with E-state index in [4.69, 9.17) is 4.74 Å². The summed E-state index contributed by atoms with van der Waals surface area (Å²) in [4.78, 5) is 14.9. The van der Waals surface area contributed by atoms with Gasteiger partial charge in [0.25, 0.3) is 16.1 Å². The number of hydrogen-bond donors (Lipinski definition) is 0. The summed E-state index contributed by atoms with van der Waals surface area (Å²) in [6.07, 6.45) is 0.407. The van der Waals surface area contributed by atoms with E-state index in [1.54, 1.807) is 4.90 Å². The largest absolute Gasteiger partial charge is 0.373 e. The predicted octanol–water partition coefficient (Wildman–Crippen LogP) is 0.212. The molecule has 9 nitrogen and oxygen atoms in total. The van der Waals surface area contributed by atoms with Gasteiger partial charge in [-0.25, -0.2) is 0 Å². The van der Waals surface area contributed by atoms with Crippen LogP contribution in [0.4, 0.5) is 0 Å². The van der Waals surface area contributed by atoms with E-state index in [1.165, 1.54) is 8.61 Å². The third-order valence-corrected chi connectivity index (χ3v) is 7.37. The summed E-state index contributed by atoms with van der Waals surface area (Å²) in [7, 11) is -3.54. The van der Waals surface area contributed by atoms with Crippen molar-refractivity contribution in [1.29, 1.82) is 0 Å². The molecular weight excluding hydrogens is 378 g/mol. The summed E-state index contributed by atoms with van der Waals surface area (Å²) in [6.45, 7) is 7.73. The van der Waals surface area contributed by atoms with Crippen LogP contribution in [0.3, 0.4) is 0 Å².